The molecule has 0 aliphatic heterocycles. The maximum Gasteiger partial charge on any atom is 0.266 e. The molecular weight excluding hydrogens is 332 g/mol. The molecular formula is C20H18N2O2S. The summed E-state index contributed by atoms with van der Waals surface area (Å²) in [4.78, 5) is 15.1. The van der Waals surface area contributed by atoms with E-state index in [2.05, 4.69) is 11.9 Å². The summed E-state index contributed by atoms with van der Waals surface area (Å²) in [6, 6.07) is 13.3. The van der Waals surface area contributed by atoms with E-state index in [1.807, 2.05) is 35.7 Å². The van der Waals surface area contributed by atoms with E-state index in [1.54, 1.807) is 12.1 Å². The summed E-state index contributed by atoms with van der Waals surface area (Å²) >= 11 is 1.41. The van der Waals surface area contributed by atoms with E-state index in [1.165, 1.54) is 11.3 Å². The highest BCUT2D eigenvalue weighted by atomic mass is 32.1. The van der Waals surface area contributed by atoms with Gasteiger partial charge in [-0.2, -0.15) is 0 Å². The van der Waals surface area contributed by atoms with Gasteiger partial charge >= 0.3 is 0 Å². The van der Waals surface area contributed by atoms with E-state index in [-0.39, 0.29) is 17.4 Å². The van der Waals surface area contributed by atoms with Gasteiger partial charge < -0.3 is 15.8 Å². The second kappa shape index (κ2) is 6.02. The third-order valence-electron chi connectivity index (χ3n) is 4.64. The number of H-pyrrole nitrogens is 1. The Bertz CT molecular complexity index is 1130. The highest BCUT2D eigenvalue weighted by Crippen LogP contribution is 2.39. The fraction of sp³-hybridized carbons (Fsp3) is 0.150. The fourth-order valence-corrected chi connectivity index (χ4v) is 4.06. The molecule has 4 rings (SSSR count). The smallest absolute Gasteiger partial charge is 0.266 e. The zero-order chi connectivity index (χ0) is 17.6. The van der Waals surface area contributed by atoms with Gasteiger partial charge in [-0.15, -0.1) is 11.3 Å². The van der Waals surface area contributed by atoms with Crippen LogP contribution >= 0.6 is 11.3 Å². The van der Waals surface area contributed by atoms with Gasteiger partial charge in [-0.3, -0.25) is 4.79 Å². The first-order chi connectivity index (χ1) is 12.1. The summed E-state index contributed by atoms with van der Waals surface area (Å²) in [5.41, 5.74) is 9.41. The van der Waals surface area contributed by atoms with Gasteiger partial charge in [0.05, 0.1) is 0 Å². The van der Waals surface area contributed by atoms with Crippen LogP contribution in [-0.4, -0.2) is 10.1 Å². The van der Waals surface area contributed by atoms with Gasteiger partial charge in [0.25, 0.3) is 5.56 Å². The lowest BCUT2D eigenvalue weighted by Crippen LogP contribution is -2.08. The Kier molecular flexibility index (Phi) is 3.82. The largest absolute Gasteiger partial charge is 0.507 e. The number of fused-ring (bicyclic) bond motifs is 3. The summed E-state index contributed by atoms with van der Waals surface area (Å²) in [5, 5.41) is 14.2. The molecule has 0 saturated carbocycles. The molecule has 0 radical (unpaired) electrons. The number of aromatic hydroxyl groups is 1. The fourth-order valence-electron chi connectivity index (χ4n) is 3.26. The molecule has 0 saturated heterocycles. The molecule has 4 nitrogen and oxygen atoms in total. The monoisotopic (exact) mass is 350 g/mol. The maximum atomic E-state index is 12.2. The zero-order valence-corrected chi connectivity index (χ0v) is 14.6. The van der Waals surface area contributed by atoms with Crippen molar-refractivity contribution in [2.45, 2.75) is 19.4 Å². The number of aromatic amines is 1. The van der Waals surface area contributed by atoms with Crippen LogP contribution in [0.15, 0.2) is 52.6 Å². The Labute approximate surface area is 148 Å². The van der Waals surface area contributed by atoms with Crippen LogP contribution in [0, 0.1) is 0 Å². The molecule has 0 aliphatic carbocycles. The van der Waals surface area contributed by atoms with Crippen molar-refractivity contribution in [3.63, 3.8) is 0 Å². The normalized spacial score (nSPS) is 12.7. The van der Waals surface area contributed by atoms with Gasteiger partial charge in [0.1, 0.15) is 10.4 Å². The second-order valence-corrected chi connectivity index (χ2v) is 7.05. The summed E-state index contributed by atoms with van der Waals surface area (Å²) in [6.45, 7) is 2.05. The molecule has 0 aliphatic rings. The van der Waals surface area contributed by atoms with Crippen LogP contribution in [0.25, 0.3) is 32.1 Å². The number of nitrogens with two attached hydrogens (primary N) is 1. The standard InChI is InChI=1S/C20H18N2O2S/c1-2-14(21)11-3-5-12(6-4-11)17-16(23)8-7-15-18(17)13-9-10-25-19(13)20(24)22-15/h3-10,14,23H,2,21H2,1H3,(H,22,24)/t14-/m1/s1. The predicted octanol–water partition coefficient (Wildman–Crippen LogP) is 4.53. The minimum atomic E-state index is -0.0987. The van der Waals surface area contributed by atoms with Crippen LogP contribution in [0.3, 0.4) is 0 Å². The van der Waals surface area contributed by atoms with Crippen LogP contribution < -0.4 is 11.3 Å². The molecule has 0 amide bonds. The number of phenols is 1. The number of pyridine rings is 1. The van der Waals surface area contributed by atoms with E-state index in [0.717, 1.165) is 39.4 Å². The molecule has 0 bridgehead atoms. The van der Waals surface area contributed by atoms with Crippen molar-refractivity contribution in [2.75, 3.05) is 0 Å². The highest BCUT2D eigenvalue weighted by Gasteiger charge is 2.15. The average Bonchev–Trinajstić information content (AvgIpc) is 3.12. The van der Waals surface area contributed by atoms with Crippen LogP contribution in [0.2, 0.25) is 0 Å². The van der Waals surface area contributed by atoms with Gasteiger partial charge in [-0.1, -0.05) is 31.2 Å². The lowest BCUT2D eigenvalue weighted by atomic mass is 9.95. The molecule has 2 heterocycles. The SMILES string of the molecule is CC[C@@H](N)c1ccc(-c2c(O)ccc3[nH]c(=O)c4sccc4c23)cc1. The Balaban J connectivity index is 2.02. The third kappa shape index (κ3) is 2.52. The Morgan fingerprint density at radius 1 is 1.16 bits per heavy atom. The number of benzene rings is 2. The topological polar surface area (TPSA) is 79.1 Å². The summed E-state index contributed by atoms with van der Waals surface area (Å²) in [6.07, 6.45) is 0.871. The van der Waals surface area contributed by atoms with Crippen LogP contribution in [0.4, 0.5) is 0 Å². The number of hydrogen-bond acceptors (Lipinski definition) is 4. The number of phenolic OH excluding ortho intramolecular Hbond substituents is 1. The highest BCUT2D eigenvalue weighted by molar-refractivity contribution is 7.17. The molecule has 1 atom stereocenters. The zero-order valence-electron chi connectivity index (χ0n) is 13.7. The van der Waals surface area contributed by atoms with Gasteiger partial charge in [0, 0.05) is 27.9 Å². The minimum Gasteiger partial charge on any atom is -0.507 e. The molecule has 0 spiro atoms. The van der Waals surface area contributed by atoms with E-state index in [0.29, 0.717) is 4.70 Å². The van der Waals surface area contributed by atoms with Gasteiger partial charge in [0.2, 0.25) is 0 Å². The molecule has 126 valence electrons. The van der Waals surface area contributed by atoms with Crippen molar-refractivity contribution in [3.05, 3.63) is 63.8 Å². The van der Waals surface area contributed by atoms with E-state index in [9.17, 15) is 9.90 Å². The molecule has 0 fully saturated rings. The van der Waals surface area contributed by atoms with E-state index < -0.39 is 0 Å². The van der Waals surface area contributed by atoms with Crippen molar-refractivity contribution in [1.29, 1.82) is 0 Å². The number of aromatic nitrogens is 1. The third-order valence-corrected chi connectivity index (χ3v) is 5.55. The molecule has 4 N–H and O–H groups in total. The second-order valence-electron chi connectivity index (χ2n) is 6.14. The van der Waals surface area contributed by atoms with Crippen molar-refractivity contribution >= 4 is 32.3 Å². The molecule has 4 aromatic rings. The van der Waals surface area contributed by atoms with Crippen molar-refractivity contribution < 1.29 is 5.11 Å². The Hall–Kier alpha value is -2.63. The Morgan fingerprint density at radius 3 is 2.64 bits per heavy atom. The first kappa shape index (κ1) is 15.9. The van der Waals surface area contributed by atoms with E-state index in [4.69, 9.17) is 5.73 Å². The minimum absolute atomic E-state index is 0.00935. The Morgan fingerprint density at radius 2 is 1.92 bits per heavy atom. The first-order valence-electron chi connectivity index (χ1n) is 8.21. The molecule has 2 aromatic heterocycles. The quantitative estimate of drug-likeness (QED) is 0.508. The number of rotatable bonds is 3. The lowest BCUT2D eigenvalue weighted by Gasteiger charge is -2.13. The molecule has 25 heavy (non-hydrogen) atoms. The number of nitrogens with one attached hydrogen (secondary N) is 1. The van der Waals surface area contributed by atoms with Crippen LogP contribution in [-0.2, 0) is 0 Å². The summed E-state index contributed by atoms with van der Waals surface area (Å²) in [5.74, 6) is 0.194. The van der Waals surface area contributed by atoms with Crippen molar-refractivity contribution in [2.24, 2.45) is 5.73 Å². The number of hydrogen-bond donors (Lipinski definition) is 3. The number of thiophene rings is 1. The average molecular weight is 350 g/mol. The molecule has 2 aromatic carbocycles. The summed E-state index contributed by atoms with van der Waals surface area (Å²) in [7, 11) is 0. The van der Waals surface area contributed by atoms with Crippen LogP contribution in [0.1, 0.15) is 24.9 Å². The van der Waals surface area contributed by atoms with Gasteiger partial charge in [-0.05, 0) is 41.1 Å². The van der Waals surface area contributed by atoms with Crippen LogP contribution in [0.5, 0.6) is 5.75 Å². The lowest BCUT2D eigenvalue weighted by molar-refractivity contribution is 0.478. The predicted molar refractivity (Wildman–Crippen MR) is 104 cm³/mol. The van der Waals surface area contributed by atoms with Gasteiger partial charge in [-0.25, -0.2) is 0 Å². The molecule has 5 heteroatoms. The molecule has 0 unspecified atom stereocenters. The summed E-state index contributed by atoms with van der Waals surface area (Å²) < 4.78 is 0.670. The van der Waals surface area contributed by atoms with E-state index >= 15 is 0 Å². The van der Waals surface area contributed by atoms with Crippen molar-refractivity contribution in [1.82, 2.24) is 4.98 Å². The maximum absolute atomic E-state index is 12.2. The van der Waals surface area contributed by atoms with Crippen molar-refractivity contribution in [3.8, 4) is 16.9 Å². The van der Waals surface area contributed by atoms with Gasteiger partial charge in [0.15, 0.2) is 0 Å². The first-order valence-corrected chi connectivity index (χ1v) is 9.09.